The molecule has 44 heavy (non-hydrogen) atoms. The number of nitrogens with one attached hydrogen (secondary N) is 2. The van der Waals surface area contributed by atoms with E-state index in [9.17, 15) is 4.79 Å². The molecule has 2 N–H and O–H groups in total. The molecule has 1 aliphatic heterocycles. The zero-order valence-electron chi connectivity index (χ0n) is 24.6. The average molecular weight is 622 g/mol. The van der Waals surface area contributed by atoms with Crippen LogP contribution in [0.1, 0.15) is 40.3 Å². The fourth-order valence-corrected chi connectivity index (χ4v) is 6.33. The number of rotatable bonds is 8. The number of halogens is 1. The number of ether oxygens (including phenoxy) is 1. The Balaban J connectivity index is 1.32. The molecule has 0 unspecified atom stereocenters. The lowest BCUT2D eigenvalue weighted by molar-refractivity contribution is -0.118. The number of thiocarbonyl (C=S) groups is 1. The first-order valence-electron chi connectivity index (χ1n) is 14.3. The van der Waals surface area contributed by atoms with Gasteiger partial charge in [0.15, 0.2) is 11.7 Å². The van der Waals surface area contributed by atoms with Crippen molar-refractivity contribution in [1.29, 1.82) is 0 Å². The smallest absolute Gasteiger partial charge is 0.262 e. The maximum atomic E-state index is 12.6. The highest BCUT2D eigenvalue weighted by molar-refractivity contribution is 7.80. The van der Waals surface area contributed by atoms with Gasteiger partial charge in [0, 0.05) is 39.7 Å². The fraction of sp³-hybridized carbons (Fsp3) is 0.171. The van der Waals surface area contributed by atoms with Crippen molar-refractivity contribution in [3.8, 4) is 11.4 Å². The number of nitrogens with zero attached hydrogens (tertiary/aromatic N) is 3. The Hall–Kier alpha value is -4.66. The number of carbonyl (C=O) groups is 1. The van der Waals surface area contributed by atoms with E-state index in [1.807, 2.05) is 91.9 Å². The minimum atomic E-state index is -0.239. The third kappa shape index (κ3) is 5.78. The van der Waals surface area contributed by atoms with Crippen molar-refractivity contribution in [2.45, 2.75) is 32.9 Å². The number of hydrogen-bond acceptors (Lipinski definition) is 4. The number of aromatic nitrogens is 2. The molecule has 6 rings (SSSR count). The van der Waals surface area contributed by atoms with Crippen LogP contribution in [0.15, 0.2) is 103 Å². The van der Waals surface area contributed by atoms with Crippen LogP contribution < -0.4 is 20.3 Å². The molecule has 0 saturated carbocycles. The third-order valence-electron chi connectivity index (χ3n) is 7.91. The van der Waals surface area contributed by atoms with E-state index in [2.05, 4.69) is 46.1 Å². The Morgan fingerprint density at radius 1 is 0.977 bits per heavy atom. The quantitative estimate of drug-likeness (QED) is 0.174. The monoisotopic (exact) mass is 621 g/mol. The van der Waals surface area contributed by atoms with Gasteiger partial charge in [0.05, 0.1) is 17.8 Å². The van der Waals surface area contributed by atoms with E-state index in [1.54, 1.807) is 6.20 Å². The van der Waals surface area contributed by atoms with Crippen LogP contribution in [0.3, 0.4) is 0 Å². The van der Waals surface area contributed by atoms with Gasteiger partial charge in [0.2, 0.25) is 0 Å². The molecule has 0 bridgehead atoms. The van der Waals surface area contributed by atoms with E-state index in [0.717, 1.165) is 44.6 Å². The van der Waals surface area contributed by atoms with Gasteiger partial charge in [-0.1, -0.05) is 41.9 Å². The molecule has 5 aromatic rings. The van der Waals surface area contributed by atoms with Crippen LogP contribution >= 0.6 is 23.8 Å². The lowest BCUT2D eigenvalue weighted by Crippen LogP contribution is -2.29. The van der Waals surface area contributed by atoms with E-state index in [-0.39, 0.29) is 24.6 Å². The maximum absolute atomic E-state index is 12.6. The first-order chi connectivity index (χ1) is 21.3. The van der Waals surface area contributed by atoms with Crippen LogP contribution in [0.2, 0.25) is 5.02 Å². The number of carbonyl (C=O) groups excluding carboxylic acids is 1. The average Bonchev–Trinajstić information content (AvgIpc) is 3.53. The summed E-state index contributed by atoms with van der Waals surface area (Å²) in [4.78, 5) is 19.4. The maximum Gasteiger partial charge on any atom is 0.262 e. The number of pyridine rings is 1. The number of amides is 1. The Labute approximate surface area is 267 Å². The molecule has 9 heteroatoms. The first kappa shape index (κ1) is 29.4. The fourth-order valence-electron chi connectivity index (χ4n) is 5.81. The summed E-state index contributed by atoms with van der Waals surface area (Å²) < 4.78 is 7.84. The number of benzene rings is 3. The number of anilines is 2. The molecule has 1 aliphatic rings. The highest BCUT2D eigenvalue weighted by atomic mass is 35.5. The molecule has 0 radical (unpaired) electrons. The Morgan fingerprint density at radius 3 is 2.45 bits per heavy atom. The molecule has 1 fully saturated rings. The molecular weight excluding hydrogens is 590 g/mol. The predicted molar refractivity (Wildman–Crippen MR) is 180 cm³/mol. The molecule has 7 nitrogen and oxygen atoms in total. The van der Waals surface area contributed by atoms with Crippen LogP contribution in [-0.2, 0) is 4.79 Å². The summed E-state index contributed by atoms with van der Waals surface area (Å²) in [5.41, 5.74) is 7.84. The van der Waals surface area contributed by atoms with Crippen molar-refractivity contribution in [2.24, 2.45) is 0 Å². The van der Waals surface area contributed by atoms with Crippen LogP contribution in [0.4, 0.5) is 11.4 Å². The summed E-state index contributed by atoms with van der Waals surface area (Å²) in [5.74, 6) is 0.406. The molecule has 3 aromatic carbocycles. The normalized spacial score (nSPS) is 16.1. The largest absolute Gasteiger partial charge is 0.484 e. The lowest BCUT2D eigenvalue weighted by Gasteiger charge is -2.28. The van der Waals surface area contributed by atoms with Crippen molar-refractivity contribution in [2.75, 3.05) is 16.8 Å². The standard InChI is InChI=1S/C35H32ClN5O2S/c1-22-20-28(24(3)40(22)31-14-9-12-29(36)23(31)2)34-33(30-13-7-8-19-37-30)39-35(44)41(34)26-17-15-25(16-18-26)38-32(42)21-43-27-10-5-4-6-11-27/h4-20,33-34H,21H2,1-3H3,(H,38,42)(H,39,44)/t33-,34+/m1/s1. The van der Waals surface area contributed by atoms with Gasteiger partial charge in [-0.05, 0) is 111 Å². The molecule has 0 spiro atoms. The van der Waals surface area contributed by atoms with Crippen LogP contribution in [0, 0.1) is 20.8 Å². The van der Waals surface area contributed by atoms with Crippen molar-refractivity contribution >= 4 is 46.2 Å². The van der Waals surface area contributed by atoms with E-state index in [0.29, 0.717) is 16.5 Å². The van der Waals surface area contributed by atoms with Crippen molar-refractivity contribution in [3.05, 3.63) is 136 Å². The summed E-state index contributed by atoms with van der Waals surface area (Å²) in [6.07, 6.45) is 1.80. The Bertz CT molecular complexity index is 1810. The number of hydrogen-bond donors (Lipinski definition) is 2. The van der Waals surface area contributed by atoms with Gasteiger partial charge in [-0.2, -0.15) is 0 Å². The highest BCUT2D eigenvalue weighted by Crippen LogP contribution is 2.44. The Morgan fingerprint density at radius 2 is 1.73 bits per heavy atom. The zero-order chi connectivity index (χ0) is 30.8. The summed E-state index contributed by atoms with van der Waals surface area (Å²) in [7, 11) is 0. The molecule has 3 heterocycles. The van der Waals surface area contributed by atoms with E-state index in [4.69, 9.17) is 33.5 Å². The van der Waals surface area contributed by atoms with E-state index < -0.39 is 0 Å². The van der Waals surface area contributed by atoms with Crippen LogP contribution in [0.25, 0.3) is 5.69 Å². The second-order valence-electron chi connectivity index (χ2n) is 10.7. The second-order valence-corrected chi connectivity index (χ2v) is 11.5. The third-order valence-corrected chi connectivity index (χ3v) is 8.63. The summed E-state index contributed by atoms with van der Waals surface area (Å²) in [5, 5.41) is 7.78. The molecule has 1 saturated heterocycles. The van der Waals surface area contributed by atoms with Gasteiger partial charge < -0.3 is 24.8 Å². The van der Waals surface area contributed by atoms with Gasteiger partial charge in [0.1, 0.15) is 5.75 Å². The molecule has 2 atom stereocenters. The molecule has 1 amide bonds. The van der Waals surface area contributed by atoms with Gasteiger partial charge in [-0.25, -0.2) is 0 Å². The SMILES string of the molecule is Cc1c(Cl)cccc1-n1c(C)cc([C@H]2[C@@H](c3ccccn3)NC(=S)N2c2ccc(NC(=O)COc3ccccc3)cc2)c1C. The number of aryl methyl sites for hydroxylation is 1. The molecule has 222 valence electrons. The second kappa shape index (κ2) is 12.5. The van der Waals surface area contributed by atoms with Gasteiger partial charge in [-0.15, -0.1) is 0 Å². The molecular formula is C35H32ClN5O2S. The predicted octanol–water partition coefficient (Wildman–Crippen LogP) is 7.65. The van der Waals surface area contributed by atoms with Gasteiger partial charge in [0.25, 0.3) is 5.91 Å². The van der Waals surface area contributed by atoms with Crippen molar-refractivity contribution < 1.29 is 9.53 Å². The molecule has 2 aromatic heterocycles. The summed E-state index contributed by atoms with van der Waals surface area (Å²) >= 11 is 12.5. The molecule has 0 aliphatic carbocycles. The van der Waals surface area contributed by atoms with Crippen LogP contribution in [-0.4, -0.2) is 27.2 Å². The van der Waals surface area contributed by atoms with E-state index in [1.165, 1.54) is 0 Å². The summed E-state index contributed by atoms with van der Waals surface area (Å²) in [6, 6.07) is 30.7. The minimum absolute atomic E-state index is 0.0819. The van der Waals surface area contributed by atoms with Crippen LogP contribution in [0.5, 0.6) is 5.75 Å². The minimum Gasteiger partial charge on any atom is -0.484 e. The van der Waals surface area contributed by atoms with Gasteiger partial charge in [-0.3, -0.25) is 9.78 Å². The number of para-hydroxylation sites is 1. The van der Waals surface area contributed by atoms with Gasteiger partial charge >= 0.3 is 0 Å². The van der Waals surface area contributed by atoms with Crippen molar-refractivity contribution in [1.82, 2.24) is 14.9 Å². The Kier molecular flexibility index (Phi) is 8.37. The topological polar surface area (TPSA) is 71.4 Å². The van der Waals surface area contributed by atoms with E-state index >= 15 is 0 Å². The summed E-state index contributed by atoms with van der Waals surface area (Å²) in [6.45, 7) is 6.20. The first-order valence-corrected chi connectivity index (χ1v) is 15.1. The van der Waals surface area contributed by atoms with Crippen molar-refractivity contribution in [3.63, 3.8) is 0 Å². The highest BCUT2D eigenvalue weighted by Gasteiger charge is 2.42. The zero-order valence-corrected chi connectivity index (χ0v) is 26.2. The lowest BCUT2D eigenvalue weighted by atomic mass is 9.96.